The highest BCUT2D eigenvalue weighted by Crippen LogP contribution is 2.19. The van der Waals surface area contributed by atoms with Crippen molar-refractivity contribution in [2.75, 3.05) is 7.11 Å². The van der Waals surface area contributed by atoms with Crippen molar-refractivity contribution in [3.63, 3.8) is 0 Å². The van der Waals surface area contributed by atoms with Crippen LogP contribution in [0.25, 0.3) is 0 Å². The molecule has 4 nitrogen and oxygen atoms in total. The molecule has 0 unspecified atom stereocenters. The van der Waals surface area contributed by atoms with Crippen molar-refractivity contribution < 1.29 is 18.4 Å². The fourth-order valence-corrected chi connectivity index (χ4v) is 1.56. The second-order valence-electron chi connectivity index (χ2n) is 3.92. The molecule has 5 heteroatoms. The molecule has 0 radical (unpaired) electrons. The van der Waals surface area contributed by atoms with E-state index in [2.05, 4.69) is 5.16 Å². The van der Waals surface area contributed by atoms with E-state index in [-0.39, 0.29) is 12.4 Å². The SMILES string of the molecule is COCc1cc(COc2ccc(F)cc2C)no1. The van der Waals surface area contributed by atoms with Crippen LogP contribution in [0.1, 0.15) is 17.0 Å². The highest BCUT2D eigenvalue weighted by Gasteiger charge is 2.06. The molecule has 0 spiro atoms. The van der Waals surface area contributed by atoms with Gasteiger partial charge in [0.25, 0.3) is 0 Å². The number of aryl methyl sites for hydroxylation is 1. The zero-order valence-electron chi connectivity index (χ0n) is 10.3. The Balaban J connectivity index is 1.97. The van der Waals surface area contributed by atoms with Crippen LogP contribution in [0, 0.1) is 12.7 Å². The monoisotopic (exact) mass is 251 g/mol. The summed E-state index contributed by atoms with van der Waals surface area (Å²) in [5.41, 5.74) is 1.42. The highest BCUT2D eigenvalue weighted by atomic mass is 19.1. The molecule has 0 atom stereocenters. The number of nitrogens with zero attached hydrogens (tertiary/aromatic N) is 1. The van der Waals surface area contributed by atoms with Gasteiger partial charge < -0.3 is 14.0 Å². The summed E-state index contributed by atoms with van der Waals surface area (Å²) in [5.74, 6) is 1.00. The average Bonchev–Trinajstić information content (AvgIpc) is 2.76. The smallest absolute Gasteiger partial charge is 0.162 e. The topological polar surface area (TPSA) is 44.5 Å². The third-order valence-electron chi connectivity index (χ3n) is 2.41. The number of ether oxygens (including phenoxy) is 2. The quantitative estimate of drug-likeness (QED) is 0.819. The van der Waals surface area contributed by atoms with Crippen molar-refractivity contribution >= 4 is 0 Å². The maximum Gasteiger partial charge on any atom is 0.162 e. The normalized spacial score (nSPS) is 10.6. The van der Waals surface area contributed by atoms with Crippen molar-refractivity contribution in [3.8, 4) is 5.75 Å². The summed E-state index contributed by atoms with van der Waals surface area (Å²) in [6.07, 6.45) is 0. The third-order valence-corrected chi connectivity index (χ3v) is 2.41. The van der Waals surface area contributed by atoms with Gasteiger partial charge in [-0.05, 0) is 30.7 Å². The Morgan fingerprint density at radius 3 is 2.83 bits per heavy atom. The molecule has 0 saturated heterocycles. The minimum atomic E-state index is -0.274. The summed E-state index contributed by atoms with van der Waals surface area (Å²) in [6.45, 7) is 2.44. The predicted molar refractivity (Wildman–Crippen MR) is 62.7 cm³/mol. The Kier molecular flexibility index (Phi) is 3.94. The zero-order valence-corrected chi connectivity index (χ0v) is 10.3. The van der Waals surface area contributed by atoms with Crippen molar-refractivity contribution in [1.29, 1.82) is 0 Å². The van der Waals surface area contributed by atoms with Crippen LogP contribution < -0.4 is 4.74 Å². The summed E-state index contributed by atoms with van der Waals surface area (Å²) in [6, 6.07) is 6.15. The van der Waals surface area contributed by atoms with E-state index in [1.54, 1.807) is 26.2 Å². The number of rotatable bonds is 5. The third kappa shape index (κ3) is 3.07. The molecule has 0 fully saturated rings. The molecule has 18 heavy (non-hydrogen) atoms. The summed E-state index contributed by atoms with van der Waals surface area (Å²) in [4.78, 5) is 0. The first-order valence-electron chi connectivity index (χ1n) is 5.51. The van der Waals surface area contributed by atoms with Gasteiger partial charge in [0.2, 0.25) is 0 Å². The van der Waals surface area contributed by atoms with E-state index in [1.165, 1.54) is 12.1 Å². The Bertz CT molecular complexity index is 525. The summed E-state index contributed by atoms with van der Waals surface area (Å²) < 4.78 is 28.4. The van der Waals surface area contributed by atoms with Gasteiger partial charge in [0.05, 0.1) is 0 Å². The molecule has 2 aromatic rings. The molecule has 0 aliphatic rings. The van der Waals surface area contributed by atoms with Crippen LogP contribution in [0.2, 0.25) is 0 Å². The number of hydrogen-bond acceptors (Lipinski definition) is 4. The number of aromatic nitrogens is 1. The van der Waals surface area contributed by atoms with Crippen molar-refractivity contribution in [2.45, 2.75) is 20.1 Å². The average molecular weight is 251 g/mol. The van der Waals surface area contributed by atoms with E-state index in [9.17, 15) is 4.39 Å². The molecule has 0 saturated carbocycles. The second-order valence-corrected chi connectivity index (χ2v) is 3.92. The Morgan fingerprint density at radius 2 is 2.11 bits per heavy atom. The lowest BCUT2D eigenvalue weighted by atomic mass is 10.2. The lowest BCUT2D eigenvalue weighted by molar-refractivity contribution is 0.155. The highest BCUT2D eigenvalue weighted by molar-refractivity contribution is 5.32. The fraction of sp³-hybridized carbons (Fsp3) is 0.308. The number of benzene rings is 1. The predicted octanol–water partition coefficient (Wildman–Crippen LogP) is 2.85. The van der Waals surface area contributed by atoms with Gasteiger partial charge in [-0.2, -0.15) is 0 Å². The molecule has 1 heterocycles. The van der Waals surface area contributed by atoms with Crippen LogP contribution in [0.3, 0.4) is 0 Å². The Labute approximate surface area is 104 Å². The van der Waals surface area contributed by atoms with Crippen LogP contribution in [0.5, 0.6) is 5.75 Å². The van der Waals surface area contributed by atoms with Gasteiger partial charge >= 0.3 is 0 Å². The lowest BCUT2D eigenvalue weighted by Gasteiger charge is -2.06. The largest absolute Gasteiger partial charge is 0.487 e. The molecule has 96 valence electrons. The molecule has 0 amide bonds. The van der Waals surface area contributed by atoms with E-state index < -0.39 is 0 Å². The molecule has 0 aliphatic heterocycles. The maximum absolute atomic E-state index is 12.9. The molecule has 0 aliphatic carbocycles. The first kappa shape index (κ1) is 12.6. The van der Waals surface area contributed by atoms with Gasteiger partial charge in [-0.1, -0.05) is 5.16 Å². The van der Waals surface area contributed by atoms with Gasteiger partial charge in [0.15, 0.2) is 5.76 Å². The molecule has 1 aromatic heterocycles. The molecule has 2 rings (SSSR count). The molecule has 1 aromatic carbocycles. The molecule has 0 bridgehead atoms. The van der Waals surface area contributed by atoms with E-state index in [1.807, 2.05) is 0 Å². The van der Waals surface area contributed by atoms with E-state index in [0.29, 0.717) is 23.8 Å². The first-order chi connectivity index (χ1) is 8.69. The summed E-state index contributed by atoms with van der Waals surface area (Å²) in [5, 5.41) is 3.84. The summed E-state index contributed by atoms with van der Waals surface area (Å²) in [7, 11) is 1.58. The minimum absolute atomic E-state index is 0.274. The zero-order chi connectivity index (χ0) is 13.0. The van der Waals surface area contributed by atoms with Crippen LogP contribution in [-0.4, -0.2) is 12.3 Å². The number of methoxy groups -OCH3 is 1. The summed E-state index contributed by atoms with van der Waals surface area (Å²) >= 11 is 0. The van der Waals surface area contributed by atoms with Crippen molar-refractivity contribution in [2.24, 2.45) is 0 Å². The van der Waals surface area contributed by atoms with Gasteiger partial charge in [-0.15, -0.1) is 0 Å². The van der Waals surface area contributed by atoms with E-state index in [0.717, 1.165) is 5.56 Å². The number of halogens is 1. The Morgan fingerprint density at radius 1 is 1.28 bits per heavy atom. The second kappa shape index (κ2) is 5.64. The minimum Gasteiger partial charge on any atom is -0.487 e. The molecule has 0 N–H and O–H groups in total. The van der Waals surface area contributed by atoms with Crippen LogP contribution >= 0.6 is 0 Å². The standard InChI is InChI=1S/C13H14FNO3/c1-9-5-10(14)3-4-13(9)17-7-11-6-12(8-16-2)18-15-11/h3-6H,7-8H2,1-2H3. The number of hydrogen-bond donors (Lipinski definition) is 0. The molecular weight excluding hydrogens is 237 g/mol. The molecular formula is C13H14FNO3. The van der Waals surface area contributed by atoms with Gasteiger partial charge in [0.1, 0.15) is 30.5 Å². The first-order valence-corrected chi connectivity index (χ1v) is 5.51. The lowest BCUT2D eigenvalue weighted by Crippen LogP contribution is -1.97. The Hall–Kier alpha value is -1.88. The van der Waals surface area contributed by atoms with Gasteiger partial charge in [0, 0.05) is 13.2 Å². The van der Waals surface area contributed by atoms with Crippen LogP contribution in [0.4, 0.5) is 4.39 Å². The van der Waals surface area contributed by atoms with Gasteiger partial charge in [-0.3, -0.25) is 0 Å². The fourth-order valence-electron chi connectivity index (χ4n) is 1.56. The van der Waals surface area contributed by atoms with Crippen LogP contribution in [0.15, 0.2) is 28.8 Å². The van der Waals surface area contributed by atoms with E-state index >= 15 is 0 Å². The van der Waals surface area contributed by atoms with E-state index in [4.69, 9.17) is 14.0 Å². The maximum atomic E-state index is 12.9. The van der Waals surface area contributed by atoms with Crippen molar-refractivity contribution in [1.82, 2.24) is 5.16 Å². The van der Waals surface area contributed by atoms with Gasteiger partial charge in [-0.25, -0.2) is 4.39 Å². The van der Waals surface area contributed by atoms with Crippen molar-refractivity contribution in [3.05, 3.63) is 47.1 Å². The van der Waals surface area contributed by atoms with Crippen LogP contribution in [-0.2, 0) is 18.0 Å².